The van der Waals surface area contributed by atoms with E-state index in [9.17, 15) is 4.39 Å². The Hall–Kier alpha value is -2.11. The molecule has 174 valence electrons. The first kappa shape index (κ1) is 23.1. The van der Waals surface area contributed by atoms with Crippen LogP contribution in [0.1, 0.15) is 69.6 Å². The minimum atomic E-state index is -0.492. The molecule has 1 fully saturated rings. The number of nitrogens with one attached hydrogen (secondary N) is 1. The van der Waals surface area contributed by atoms with E-state index < -0.39 is 5.60 Å². The van der Waals surface area contributed by atoms with Crippen molar-refractivity contribution >= 4 is 5.69 Å². The first-order valence-electron chi connectivity index (χ1n) is 11.9. The van der Waals surface area contributed by atoms with Crippen molar-refractivity contribution in [3.05, 3.63) is 59.4 Å². The lowest BCUT2D eigenvalue weighted by molar-refractivity contribution is -0.151. The summed E-state index contributed by atoms with van der Waals surface area (Å²) in [7, 11) is 1.73. The highest BCUT2D eigenvalue weighted by Gasteiger charge is 2.45. The molecule has 1 N–H and O–H groups in total. The fraction of sp³-hybridized carbons (Fsp3) is 0.556. The number of hydrogen-bond acceptors (Lipinski definition) is 4. The van der Waals surface area contributed by atoms with Crippen LogP contribution in [0.2, 0.25) is 0 Å². The summed E-state index contributed by atoms with van der Waals surface area (Å²) < 4.78 is 32.2. The zero-order chi connectivity index (χ0) is 22.6. The minimum absolute atomic E-state index is 0.196. The zero-order valence-electron chi connectivity index (χ0n) is 19.5. The summed E-state index contributed by atoms with van der Waals surface area (Å²) in [6.07, 6.45) is 7.40. The molecule has 0 saturated heterocycles. The Morgan fingerprint density at radius 3 is 2.66 bits per heavy atom. The molecule has 0 amide bonds. The van der Waals surface area contributed by atoms with Gasteiger partial charge in [-0.05, 0) is 62.1 Å². The van der Waals surface area contributed by atoms with Crippen molar-refractivity contribution < 1.29 is 18.6 Å². The summed E-state index contributed by atoms with van der Waals surface area (Å²) in [5.74, 6) is 1.39. The largest absolute Gasteiger partial charge is 0.485 e. The second kappa shape index (κ2) is 10.2. The van der Waals surface area contributed by atoms with Crippen LogP contribution in [0.5, 0.6) is 5.75 Å². The van der Waals surface area contributed by atoms with Gasteiger partial charge in [-0.1, -0.05) is 44.2 Å². The summed E-state index contributed by atoms with van der Waals surface area (Å²) in [5, 5.41) is 3.40. The van der Waals surface area contributed by atoms with E-state index in [1.807, 2.05) is 18.2 Å². The van der Waals surface area contributed by atoms with E-state index in [1.54, 1.807) is 19.2 Å². The molecule has 2 atom stereocenters. The monoisotopic (exact) mass is 441 g/mol. The lowest BCUT2D eigenvalue weighted by Gasteiger charge is -2.44. The van der Waals surface area contributed by atoms with Gasteiger partial charge in [0.1, 0.15) is 29.4 Å². The van der Waals surface area contributed by atoms with Crippen LogP contribution < -0.4 is 10.1 Å². The molecule has 1 aliphatic heterocycles. The molecule has 1 aliphatic carbocycles. The Kier molecular flexibility index (Phi) is 7.37. The van der Waals surface area contributed by atoms with Crippen LogP contribution in [0.3, 0.4) is 0 Å². The second-order valence-corrected chi connectivity index (χ2v) is 9.68. The van der Waals surface area contributed by atoms with Crippen LogP contribution in [-0.2, 0) is 16.0 Å². The molecule has 0 bridgehead atoms. The molecule has 2 aliphatic rings. The molecule has 2 unspecified atom stereocenters. The first-order valence-corrected chi connectivity index (χ1v) is 11.9. The highest BCUT2D eigenvalue weighted by Crippen LogP contribution is 2.44. The standard InChI is InChI=1S/C27H36FNO3/c1-27(2)26(30-3)25(31-15-14-19-8-5-4-6-9-19)23-17-22(12-13-24(23)32-27)29-18-20-10-7-11-21(28)16-20/h7,10-13,16-17,19,25-26,29H,4-6,8-9,14-15,18H2,1-3H3. The first-order chi connectivity index (χ1) is 15.5. The highest BCUT2D eigenvalue weighted by atomic mass is 19.1. The van der Waals surface area contributed by atoms with Crippen molar-refractivity contribution in [3.63, 3.8) is 0 Å². The smallest absolute Gasteiger partial charge is 0.132 e. The maximum Gasteiger partial charge on any atom is 0.132 e. The topological polar surface area (TPSA) is 39.7 Å². The predicted molar refractivity (Wildman–Crippen MR) is 126 cm³/mol. The maximum atomic E-state index is 13.5. The molecular formula is C27H36FNO3. The van der Waals surface area contributed by atoms with E-state index in [0.29, 0.717) is 6.54 Å². The van der Waals surface area contributed by atoms with Crippen LogP contribution in [0.25, 0.3) is 0 Å². The van der Waals surface area contributed by atoms with Crippen molar-refractivity contribution in [1.29, 1.82) is 0 Å². The van der Waals surface area contributed by atoms with Crippen molar-refractivity contribution in [2.45, 2.75) is 76.7 Å². The summed E-state index contributed by atoms with van der Waals surface area (Å²) >= 11 is 0. The van der Waals surface area contributed by atoms with Gasteiger partial charge in [-0.15, -0.1) is 0 Å². The van der Waals surface area contributed by atoms with Gasteiger partial charge >= 0.3 is 0 Å². The molecule has 2 aromatic rings. The number of methoxy groups -OCH3 is 1. The Bertz CT molecular complexity index is 894. The molecule has 5 heteroatoms. The molecular weight excluding hydrogens is 405 g/mol. The quantitative estimate of drug-likeness (QED) is 0.498. The van der Waals surface area contributed by atoms with E-state index in [-0.39, 0.29) is 18.0 Å². The molecule has 2 aromatic carbocycles. The Morgan fingerprint density at radius 2 is 1.91 bits per heavy atom. The second-order valence-electron chi connectivity index (χ2n) is 9.68. The SMILES string of the molecule is COC1C(OCCC2CCCCC2)c2cc(NCc3cccc(F)c3)ccc2OC1(C)C. The fourth-order valence-corrected chi connectivity index (χ4v) is 5.12. The number of ether oxygens (including phenoxy) is 3. The van der Waals surface area contributed by atoms with Gasteiger partial charge in [0.15, 0.2) is 0 Å². The van der Waals surface area contributed by atoms with E-state index in [0.717, 1.165) is 41.5 Å². The van der Waals surface area contributed by atoms with Crippen molar-refractivity contribution in [1.82, 2.24) is 0 Å². The van der Waals surface area contributed by atoms with Gasteiger partial charge in [0.05, 0.1) is 0 Å². The zero-order valence-corrected chi connectivity index (χ0v) is 19.5. The molecule has 4 nitrogen and oxygen atoms in total. The van der Waals surface area contributed by atoms with Crippen LogP contribution in [-0.4, -0.2) is 25.4 Å². The van der Waals surface area contributed by atoms with Crippen LogP contribution >= 0.6 is 0 Å². The molecule has 0 aromatic heterocycles. The van der Waals surface area contributed by atoms with Crippen LogP contribution in [0.15, 0.2) is 42.5 Å². The average Bonchev–Trinajstić information content (AvgIpc) is 2.78. The van der Waals surface area contributed by atoms with Gasteiger partial charge in [-0.3, -0.25) is 0 Å². The van der Waals surface area contributed by atoms with Crippen molar-refractivity contribution in [3.8, 4) is 5.75 Å². The summed E-state index contributed by atoms with van der Waals surface area (Å²) in [4.78, 5) is 0. The van der Waals surface area contributed by atoms with Crippen LogP contribution in [0.4, 0.5) is 10.1 Å². The molecule has 0 radical (unpaired) electrons. The number of hydrogen-bond donors (Lipinski definition) is 1. The molecule has 1 heterocycles. The number of fused-ring (bicyclic) bond motifs is 1. The van der Waals surface area contributed by atoms with Gasteiger partial charge in [0.25, 0.3) is 0 Å². The number of anilines is 1. The lowest BCUT2D eigenvalue weighted by Crippen LogP contribution is -2.50. The summed E-state index contributed by atoms with van der Waals surface area (Å²) in [6.45, 7) is 5.38. The summed E-state index contributed by atoms with van der Waals surface area (Å²) in [5.41, 5.74) is 2.36. The third-order valence-electron chi connectivity index (χ3n) is 6.84. The van der Waals surface area contributed by atoms with Gasteiger partial charge in [0.2, 0.25) is 0 Å². The number of halogens is 1. The normalized spacial score (nSPS) is 22.8. The third-order valence-corrected chi connectivity index (χ3v) is 6.84. The number of benzene rings is 2. The van der Waals surface area contributed by atoms with Gasteiger partial charge in [-0.2, -0.15) is 0 Å². The molecule has 32 heavy (non-hydrogen) atoms. The Balaban J connectivity index is 1.49. The summed E-state index contributed by atoms with van der Waals surface area (Å²) in [6, 6.07) is 12.7. The van der Waals surface area contributed by atoms with Crippen molar-refractivity contribution in [2.24, 2.45) is 5.92 Å². The fourth-order valence-electron chi connectivity index (χ4n) is 5.12. The Morgan fingerprint density at radius 1 is 1.09 bits per heavy atom. The maximum absolute atomic E-state index is 13.5. The predicted octanol–water partition coefficient (Wildman–Crippen LogP) is 6.65. The number of rotatable bonds is 8. The average molecular weight is 442 g/mol. The van der Waals surface area contributed by atoms with Gasteiger partial charge < -0.3 is 19.5 Å². The minimum Gasteiger partial charge on any atom is -0.485 e. The molecule has 0 spiro atoms. The van der Waals surface area contributed by atoms with E-state index >= 15 is 0 Å². The van der Waals surface area contributed by atoms with E-state index in [2.05, 4.69) is 25.2 Å². The van der Waals surface area contributed by atoms with E-state index in [1.165, 1.54) is 38.2 Å². The van der Waals surface area contributed by atoms with Crippen LogP contribution in [0, 0.1) is 11.7 Å². The molecule has 4 rings (SSSR count). The lowest BCUT2D eigenvalue weighted by atomic mass is 9.86. The van der Waals surface area contributed by atoms with Crippen molar-refractivity contribution in [2.75, 3.05) is 19.0 Å². The third kappa shape index (κ3) is 5.44. The molecule has 1 saturated carbocycles. The Labute approximate surface area is 191 Å². The highest BCUT2D eigenvalue weighted by molar-refractivity contribution is 5.53. The van der Waals surface area contributed by atoms with Gasteiger partial charge in [0, 0.05) is 31.5 Å². The van der Waals surface area contributed by atoms with Gasteiger partial charge in [-0.25, -0.2) is 4.39 Å². The van der Waals surface area contributed by atoms with E-state index in [4.69, 9.17) is 14.2 Å².